The summed E-state index contributed by atoms with van der Waals surface area (Å²) in [5, 5.41) is 10.2. The highest BCUT2D eigenvalue weighted by molar-refractivity contribution is 5.86. The third kappa shape index (κ3) is 2.82. The Morgan fingerprint density at radius 2 is 1.33 bits per heavy atom. The van der Waals surface area contributed by atoms with Gasteiger partial charge in [-0.25, -0.2) is 4.79 Å². The lowest BCUT2D eigenvalue weighted by molar-refractivity contribution is -0.147. The standard InChI is InChI=1S/C18H16O3/c19-16-11-17(20)21-18(16,12-14-7-3-1-4-8-14)13-15-9-5-2-6-10-15/h1-11,19H,12-13H2. The lowest BCUT2D eigenvalue weighted by Crippen LogP contribution is -2.37. The molecule has 1 heterocycles. The Bertz CT molecular complexity index is 618. The minimum atomic E-state index is -1.00. The van der Waals surface area contributed by atoms with Crippen LogP contribution in [0.2, 0.25) is 0 Å². The second-order valence-corrected chi connectivity index (χ2v) is 5.27. The van der Waals surface area contributed by atoms with Crippen molar-refractivity contribution in [3.63, 3.8) is 0 Å². The van der Waals surface area contributed by atoms with Crippen LogP contribution >= 0.6 is 0 Å². The van der Waals surface area contributed by atoms with Crippen LogP contribution in [0.3, 0.4) is 0 Å². The number of hydrogen-bond acceptors (Lipinski definition) is 3. The van der Waals surface area contributed by atoms with E-state index in [9.17, 15) is 9.90 Å². The number of rotatable bonds is 4. The average Bonchev–Trinajstić information content (AvgIpc) is 2.75. The van der Waals surface area contributed by atoms with Crippen molar-refractivity contribution < 1.29 is 14.6 Å². The summed E-state index contributed by atoms with van der Waals surface area (Å²) < 4.78 is 5.49. The van der Waals surface area contributed by atoms with Gasteiger partial charge >= 0.3 is 5.97 Å². The van der Waals surface area contributed by atoms with E-state index in [0.717, 1.165) is 11.1 Å². The number of esters is 1. The van der Waals surface area contributed by atoms with Gasteiger partial charge in [-0.2, -0.15) is 0 Å². The number of hydrogen-bond donors (Lipinski definition) is 1. The second kappa shape index (κ2) is 5.44. The first kappa shape index (κ1) is 13.4. The second-order valence-electron chi connectivity index (χ2n) is 5.27. The van der Waals surface area contributed by atoms with E-state index in [2.05, 4.69) is 0 Å². The molecule has 0 spiro atoms. The van der Waals surface area contributed by atoms with Crippen molar-refractivity contribution in [3.8, 4) is 0 Å². The summed E-state index contributed by atoms with van der Waals surface area (Å²) in [4.78, 5) is 11.6. The van der Waals surface area contributed by atoms with Crippen LogP contribution in [0, 0.1) is 0 Å². The number of carbonyl (C=O) groups is 1. The van der Waals surface area contributed by atoms with E-state index in [1.165, 1.54) is 6.08 Å². The van der Waals surface area contributed by atoms with Gasteiger partial charge in [-0.15, -0.1) is 0 Å². The summed E-state index contributed by atoms with van der Waals surface area (Å²) in [5.41, 5.74) is 1.03. The molecule has 1 N–H and O–H groups in total. The van der Waals surface area contributed by atoms with Crippen LogP contribution < -0.4 is 0 Å². The van der Waals surface area contributed by atoms with Gasteiger partial charge in [0.05, 0.1) is 6.08 Å². The van der Waals surface area contributed by atoms with E-state index in [1.807, 2.05) is 60.7 Å². The van der Waals surface area contributed by atoms with Crippen LogP contribution in [0.25, 0.3) is 0 Å². The summed E-state index contributed by atoms with van der Waals surface area (Å²) in [6.07, 6.45) is 2.08. The van der Waals surface area contributed by atoms with E-state index in [4.69, 9.17) is 4.74 Å². The first-order valence-corrected chi connectivity index (χ1v) is 6.90. The monoisotopic (exact) mass is 280 g/mol. The zero-order chi connectivity index (χ0) is 14.7. The molecule has 0 unspecified atom stereocenters. The Kier molecular flexibility index (Phi) is 3.48. The molecular weight excluding hydrogens is 264 g/mol. The lowest BCUT2D eigenvalue weighted by Gasteiger charge is -2.28. The van der Waals surface area contributed by atoms with Crippen LogP contribution in [-0.2, 0) is 22.4 Å². The van der Waals surface area contributed by atoms with Gasteiger partial charge in [-0.05, 0) is 11.1 Å². The molecule has 0 amide bonds. The van der Waals surface area contributed by atoms with Gasteiger partial charge in [-0.3, -0.25) is 0 Å². The van der Waals surface area contributed by atoms with Gasteiger partial charge in [-0.1, -0.05) is 60.7 Å². The van der Waals surface area contributed by atoms with E-state index in [1.54, 1.807) is 0 Å². The molecule has 106 valence electrons. The molecule has 0 fully saturated rings. The predicted molar refractivity (Wildman–Crippen MR) is 79.8 cm³/mol. The maximum absolute atomic E-state index is 11.6. The molecule has 3 nitrogen and oxygen atoms in total. The number of carbonyl (C=O) groups excluding carboxylic acids is 1. The first-order valence-electron chi connectivity index (χ1n) is 6.90. The van der Waals surface area contributed by atoms with Crippen LogP contribution in [0.15, 0.2) is 72.5 Å². The topological polar surface area (TPSA) is 46.5 Å². The minimum Gasteiger partial charge on any atom is -0.508 e. The summed E-state index contributed by atoms with van der Waals surface area (Å²) in [5.74, 6) is -0.487. The van der Waals surface area contributed by atoms with E-state index in [-0.39, 0.29) is 5.76 Å². The summed E-state index contributed by atoms with van der Waals surface area (Å²) in [7, 11) is 0. The Morgan fingerprint density at radius 1 is 0.857 bits per heavy atom. The fourth-order valence-electron chi connectivity index (χ4n) is 2.68. The molecule has 3 heteroatoms. The number of aliphatic hydroxyl groups excluding tert-OH is 1. The molecule has 2 aromatic carbocycles. The Hall–Kier alpha value is -2.55. The maximum Gasteiger partial charge on any atom is 0.335 e. The van der Waals surface area contributed by atoms with Crippen LogP contribution in [-0.4, -0.2) is 16.7 Å². The lowest BCUT2D eigenvalue weighted by atomic mass is 9.87. The molecule has 0 saturated carbocycles. The fourth-order valence-corrected chi connectivity index (χ4v) is 2.68. The van der Waals surface area contributed by atoms with Gasteiger partial charge in [0.25, 0.3) is 0 Å². The number of benzene rings is 2. The van der Waals surface area contributed by atoms with Crippen molar-refractivity contribution in [1.82, 2.24) is 0 Å². The molecule has 1 aliphatic heterocycles. The van der Waals surface area contributed by atoms with Gasteiger partial charge in [0.2, 0.25) is 0 Å². The smallest absolute Gasteiger partial charge is 0.335 e. The minimum absolute atomic E-state index is 0.000191. The molecule has 0 aliphatic carbocycles. The molecule has 0 saturated heterocycles. The molecule has 2 aromatic rings. The highest BCUT2D eigenvalue weighted by Gasteiger charge is 2.43. The highest BCUT2D eigenvalue weighted by Crippen LogP contribution is 2.33. The van der Waals surface area contributed by atoms with Crippen molar-refractivity contribution in [3.05, 3.63) is 83.6 Å². The van der Waals surface area contributed by atoms with Gasteiger partial charge in [0.15, 0.2) is 5.60 Å². The Morgan fingerprint density at radius 3 is 1.71 bits per heavy atom. The molecule has 0 bridgehead atoms. The third-order valence-electron chi connectivity index (χ3n) is 3.68. The van der Waals surface area contributed by atoms with Crippen LogP contribution in [0.5, 0.6) is 0 Å². The molecule has 3 rings (SSSR count). The first-order chi connectivity index (χ1) is 10.2. The fraction of sp³-hybridized carbons (Fsp3) is 0.167. The Labute approximate surface area is 123 Å². The average molecular weight is 280 g/mol. The quantitative estimate of drug-likeness (QED) is 0.875. The highest BCUT2D eigenvalue weighted by atomic mass is 16.6. The van der Waals surface area contributed by atoms with Gasteiger partial charge in [0.1, 0.15) is 5.76 Å². The maximum atomic E-state index is 11.6. The summed E-state index contributed by atoms with van der Waals surface area (Å²) in [6.45, 7) is 0. The van der Waals surface area contributed by atoms with E-state index >= 15 is 0 Å². The van der Waals surface area contributed by atoms with Crippen molar-refractivity contribution >= 4 is 5.97 Å². The Balaban J connectivity index is 1.93. The van der Waals surface area contributed by atoms with Crippen LogP contribution in [0.1, 0.15) is 11.1 Å². The molecule has 21 heavy (non-hydrogen) atoms. The van der Waals surface area contributed by atoms with Crippen molar-refractivity contribution in [2.24, 2.45) is 0 Å². The van der Waals surface area contributed by atoms with E-state index < -0.39 is 11.6 Å². The summed E-state index contributed by atoms with van der Waals surface area (Å²) >= 11 is 0. The van der Waals surface area contributed by atoms with Gasteiger partial charge in [0, 0.05) is 12.8 Å². The zero-order valence-corrected chi connectivity index (χ0v) is 11.5. The number of cyclic esters (lactones) is 1. The largest absolute Gasteiger partial charge is 0.508 e. The predicted octanol–water partition coefficient (Wildman–Crippen LogP) is 3.21. The molecule has 0 radical (unpaired) electrons. The summed E-state index contributed by atoms with van der Waals surface area (Å²) in [6, 6.07) is 19.5. The van der Waals surface area contributed by atoms with Crippen molar-refractivity contribution in [2.75, 3.05) is 0 Å². The molecule has 0 atom stereocenters. The molecule has 0 aromatic heterocycles. The van der Waals surface area contributed by atoms with Crippen molar-refractivity contribution in [2.45, 2.75) is 18.4 Å². The number of aliphatic hydroxyl groups is 1. The molecular formula is C18H16O3. The van der Waals surface area contributed by atoms with Crippen LogP contribution in [0.4, 0.5) is 0 Å². The third-order valence-corrected chi connectivity index (χ3v) is 3.68. The SMILES string of the molecule is O=C1C=C(O)C(Cc2ccccc2)(Cc2ccccc2)O1. The normalized spacial score (nSPS) is 16.4. The molecule has 1 aliphatic rings. The van der Waals surface area contributed by atoms with Gasteiger partial charge < -0.3 is 9.84 Å². The zero-order valence-electron chi connectivity index (χ0n) is 11.5. The van der Waals surface area contributed by atoms with E-state index in [0.29, 0.717) is 12.8 Å². The number of ether oxygens (including phenoxy) is 1. The van der Waals surface area contributed by atoms with Crippen molar-refractivity contribution in [1.29, 1.82) is 0 Å².